The number of nitrogens with zero attached hydrogens (tertiary/aromatic N) is 2. The summed E-state index contributed by atoms with van der Waals surface area (Å²) >= 11 is 0. The van der Waals surface area contributed by atoms with Gasteiger partial charge in [-0.1, -0.05) is 139 Å². The number of benzene rings is 2. The fourth-order valence-corrected chi connectivity index (χ4v) is 5.69. The van der Waals surface area contributed by atoms with Gasteiger partial charge in [-0.15, -0.1) is 0 Å². The molecular formula is C38H64N2O. The first-order valence-corrected chi connectivity index (χ1v) is 17.1. The van der Waals surface area contributed by atoms with Gasteiger partial charge in [-0.05, 0) is 76.1 Å². The molecule has 2 atom stereocenters. The molecule has 2 aromatic rings. The molecule has 0 heterocycles. The Morgan fingerprint density at radius 2 is 0.780 bits per heavy atom. The van der Waals surface area contributed by atoms with Crippen LogP contribution in [0.2, 0.25) is 0 Å². The molecule has 0 saturated heterocycles. The predicted molar refractivity (Wildman–Crippen MR) is 180 cm³/mol. The maximum absolute atomic E-state index is 6.93. The number of hydrogen-bond donors (Lipinski definition) is 0. The van der Waals surface area contributed by atoms with Gasteiger partial charge in [0.2, 0.25) is 0 Å². The topological polar surface area (TPSA) is 15.7 Å². The van der Waals surface area contributed by atoms with Crippen molar-refractivity contribution >= 4 is 0 Å². The molecule has 0 spiro atoms. The van der Waals surface area contributed by atoms with Crippen molar-refractivity contribution in [3.63, 3.8) is 0 Å². The van der Waals surface area contributed by atoms with Gasteiger partial charge in [0.1, 0.15) is 0 Å². The highest BCUT2D eigenvalue weighted by Crippen LogP contribution is 2.29. The highest BCUT2D eigenvalue weighted by molar-refractivity contribution is 5.27. The van der Waals surface area contributed by atoms with Crippen molar-refractivity contribution in [2.45, 2.75) is 129 Å². The average Bonchev–Trinajstić information content (AvgIpc) is 2.96. The van der Waals surface area contributed by atoms with Crippen LogP contribution in [-0.4, -0.2) is 51.1 Å². The molecule has 0 bridgehead atoms. The monoisotopic (exact) mass is 565 g/mol. The van der Waals surface area contributed by atoms with E-state index in [1.807, 2.05) is 0 Å². The van der Waals surface area contributed by atoms with Crippen molar-refractivity contribution in [2.75, 3.05) is 41.3 Å². The number of aryl methyl sites for hydroxylation is 2. The molecule has 3 heteroatoms. The van der Waals surface area contributed by atoms with Gasteiger partial charge in [0.05, 0.1) is 12.2 Å². The molecule has 2 unspecified atom stereocenters. The van der Waals surface area contributed by atoms with Gasteiger partial charge >= 0.3 is 0 Å². The summed E-state index contributed by atoms with van der Waals surface area (Å²) in [6.45, 7) is 6.32. The first-order chi connectivity index (χ1) is 19.9. The molecule has 0 aliphatic carbocycles. The number of likely N-dealkylation sites (N-methyl/N-ethyl adjacent to an activating group) is 2. The Bertz CT molecular complexity index is 801. The summed E-state index contributed by atoms with van der Waals surface area (Å²) in [4.78, 5) is 4.49. The van der Waals surface area contributed by atoms with E-state index in [-0.39, 0.29) is 12.2 Å². The first-order valence-electron chi connectivity index (χ1n) is 17.1. The minimum absolute atomic E-state index is 0.0370. The smallest absolute Gasteiger partial charge is 0.0960 e. The van der Waals surface area contributed by atoms with E-state index in [9.17, 15) is 0 Å². The van der Waals surface area contributed by atoms with Crippen LogP contribution in [0.3, 0.4) is 0 Å². The summed E-state index contributed by atoms with van der Waals surface area (Å²) in [6, 6.07) is 18.6. The second-order valence-electron chi connectivity index (χ2n) is 12.9. The molecule has 0 amide bonds. The van der Waals surface area contributed by atoms with Crippen molar-refractivity contribution in [2.24, 2.45) is 0 Å². The van der Waals surface area contributed by atoms with Crippen molar-refractivity contribution in [3.8, 4) is 0 Å². The van der Waals surface area contributed by atoms with Gasteiger partial charge in [-0.2, -0.15) is 0 Å². The van der Waals surface area contributed by atoms with E-state index in [0.717, 1.165) is 13.1 Å². The Hall–Kier alpha value is -1.68. The highest BCUT2D eigenvalue weighted by Gasteiger charge is 2.22. The van der Waals surface area contributed by atoms with Gasteiger partial charge < -0.3 is 14.5 Å². The molecule has 0 aliphatic heterocycles. The number of hydrogen-bond acceptors (Lipinski definition) is 3. The minimum atomic E-state index is 0.0370. The molecule has 0 aromatic heterocycles. The highest BCUT2D eigenvalue weighted by atomic mass is 16.5. The van der Waals surface area contributed by atoms with E-state index in [2.05, 4.69) is 100 Å². The lowest BCUT2D eigenvalue weighted by Gasteiger charge is -2.29. The van der Waals surface area contributed by atoms with E-state index in [0.29, 0.717) is 0 Å². The second kappa shape index (κ2) is 21.9. The zero-order valence-corrected chi connectivity index (χ0v) is 27.8. The van der Waals surface area contributed by atoms with Gasteiger partial charge in [0.15, 0.2) is 0 Å². The van der Waals surface area contributed by atoms with Crippen LogP contribution in [0.4, 0.5) is 0 Å². The van der Waals surface area contributed by atoms with Gasteiger partial charge in [0, 0.05) is 13.1 Å². The molecule has 2 rings (SSSR count). The van der Waals surface area contributed by atoms with Crippen LogP contribution in [0, 0.1) is 0 Å². The lowest BCUT2D eigenvalue weighted by atomic mass is 10.0. The van der Waals surface area contributed by atoms with E-state index < -0.39 is 0 Å². The molecule has 2 aromatic carbocycles. The van der Waals surface area contributed by atoms with Crippen molar-refractivity contribution in [3.05, 3.63) is 70.8 Å². The molecule has 0 saturated carbocycles. The normalized spacial score (nSPS) is 13.3. The van der Waals surface area contributed by atoms with Crippen LogP contribution in [0.5, 0.6) is 0 Å². The maximum Gasteiger partial charge on any atom is 0.0960 e. The summed E-state index contributed by atoms with van der Waals surface area (Å²) in [7, 11) is 8.57. The lowest BCUT2D eigenvalue weighted by molar-refractivity contribution is -0.0367. The SMILES string of the molecule is CCCCCCCCCc1ccc(C(CN(C)C)OC(CN(C)C)c2ccc(CCCCCCCCC)cc2)cc1. The number of ether oxygens (including phenoxy) is 1. The molecule has 0 aliphatic rings. The standard InChI is InChI=1S/C38H64N2O/c1-7-9-11-13-15-17-19-21-33-23-27-35(28-24-33)37(31-39(3)4)41-38(32-40(5)6)36-29-25-34(26-30-36)22-20-18-16-14-12-10-8-2/h23-30,37-38H,7-22,31-32H2,1-6H3. The molecule has 3 nitrogen and oxygen atoms in total. The zero-order valence-electron chi connectivity index (χ0n) is 27.8. The summed E-state index contributed by atoms with van der Waals surface area (Å²) in [5.41, 5.74) is 5.46. The molecule has 0 N–H and O–H groups in total. The van der Waals surface area contributed by atoms with Crippen LogP contribution >= 0.6 is 0 Å². The van der Waals surface area contributed by atoms with Gasteiger partial charge in [-0.3, -0.25) is 0 Å². The van der Waals surface area contributed by atoms with E-state index in [4.69, 9.17) is 4.74 Å². The second-order valence-corrected chi connectivity index (χ2v) is 12.9. The zero-order chi connectivity index (χ0) is 29.7. The minimum Gasteiger partial charge on any atom is -0.363 e. The number of rotatable bonds is 24. The van der Waals surface area contributed by atoms with Crippen LogP contribution < -0.4 is 0 Å². The van der Waals surface area contributed by atoms with E-state index in [1.54, 1.807) is 0 Å². The Morgan fingerprint density at radius 3 is 1.10 bits per heavy atom. The maximum atomic E-state index is 6.93. The predicted octanol–water partition coefficient (Wildman–Crippen LogP) is 10.2. The van der Waals surface area contributed by atoms with E-state index >= 15 is 0 Å². The number of unbranched alkanes of at least 4 members (excludes halogenated alkanes) is 12. The third-order valence-corrected chi connectivity index (χ3v) is 8.23. The van der Waals surface area contributed by atoms with Crippen molar-refractivity contribution in [1.29, 1.82) is 0 Å². The van der Waals surface area contributed by atoms with Crippen LogP contribution in [-0.2, 0) is 17.6 Å². The van der Waals surface area contributed by atoms with Crippen LogP contribution in [0.15, 0.2) is 48.5 Å². The Morgan fingerprint density at radius 1 is 0.463 bits per heavy atom. The summed E-state index contributed by atoms with van der Waals surface area (Å²) in [6.07, 6.45) is 21.5. The molecule has 232 valence electrons. The molecule has 0 fully saturated rings. The average molecular weight is 565 g/mol. The quantitative estimate of drug-likeness (QED) is 0.118. The molecule has 0 radical (unpaired) electrons. The summed E-state index contributed by atoms with van der Waals surface area (Å²) in [5, 5.41) is 0. The Kier molecular flexibility index (Phi) is 19.0. The molecular weight excluding hydrogens is 500 g/mol. The fourth-order valence-electron chi connectivity index (χ4n) is 5.69. The fraction of sp³-hybridized carbons (Fsp3) is 0.684. The third kappa shape index (κ3) is 15.9. The Balaban J connectivity index is 1.96. The van der Waals surface area contributed by atoms with Crippen molar-refractivity contribution < 1.29 is 4.74 Å². The van der Waals surface area contributed by atoms with Crippen molar-refractivity contribution in [1.82, 2.24) is 9.80 Å². The largest absolute Gasteiger partial charge is 0.363 e. The van der Waals surface area contributed by atoms with Gasteiger partial charge in [-0.25, -0.2) is 0 Å². The van der Waals surface area contributed by atoms with Crippen LogP contribution in [0.1, 0.15) is 138 Å². The summed E-state index contributed by atoms with van der Waals surface area (Å²) in [5.74, 6) is 0. The molecule has 41 heavy (non-hydrogen) atoms. The van der Waals surface area contributed by atoms with E-state index in [1.165, 1.54) is 125 Å². The first kappa shape index (κ1) is 35.5. The van der Waals surface area contributed by atoms with Crippen LogP contribution in [0.25, 0.3) is 0 Å². The Labute approximate surface area is 255 Å². The van der Waals surface area contributed by atoms with Gasteiger partial charge in [0.25, 0.3) is 0 Å². The summed E-state index contributed by atoms with van der Waals surface area (Å²) < 4.78 is 6.93. The lowest BCUT2D eigenvalue weighted by Crippen LogP contribution is -2.28. The third-order valence-electron chi connectivity index (χ3n) is 8.23.